The summed E-state index contributed by atoms with van der Waals surface area (Å²) in [4.78, 5) is 3.12. The fraction of sp³-hybridized carbons (Fsp3) is 0.250. The van der Waals surface area contributed by atoms with Gasteiger partial charge in [-0.1, -0.05) is 0 Å². The number of hydrogen-bond acceptors (Lipinski definition) is 3. The molecule has 0 unspecified atom stereocenters. The van der Waals surface area contributed by atoms with Crippen LogP contribution in [0, 0.1) is 11.3 Å². The molecule has 0 bridgehead atoms. The molecule has 0 saturated heterocycles. The Labute approximate surface area is 86.1 Å². The highest BCUT2D eigenvalue weighted by atomic mass is 19.4. The van der Waals surface area contributed by atoms with Crippen molar-refractivity contribution < 1.29 is 26.7 Å². The van der Waals surface area contributed by atoms with Gasteiger partial charge in [-0.2, -0.15) is 5.26 Å². The molecule has 0 fully saturated rings. The van der Waals surface area contributed by atoms with Crippen molar-refractivity contribution in [3.63, 3.8) is 0 Å². The molecule has 1 heterocycles. The summed E-state index contributed by atoms with van der Waals surface area (Å²) in [6.07, 6.45) is -7.48. The Balaban J connectivity index is 3.21. The van der Waals surface area contributed by atoms with Crippen LogP contribution in [0.5, 0.6) is 5.75 Å². The van der Waals surface area contributed by atoms with Crippen LogP contribution in [0.4, 0.5) is 22.0 Å². The summed E-state index contributed by atoms with van der Waals surface area (Å²) >= 11 is 0. The second-order valence-electron chi connectivity index (χ2n) is 2.53. The molecule has 0 radical (unpaired) electrons. The minimum atomic E-state index is -5.05. The van der Waals surface area contributed by atoms with Crippen molar-refractivity contribution in [2.24, 2.45) is 0 Å². The summed E-state index contributed by atoms with van der Waals surface area (Å²) in [5, 5.41) is 8.47. The third-order valence-corrected chi connectivity index (χ3v) is 1.49. The monoisotopic (exact) mass is 238 g/mol. The summed E-state index contributed by atoms with van der Waals surface area (Å²) in [5.41, 5.74) is -1.96. The standard InChI is InChI=1S/C8H3F5N2O/c9-7(10)6-4(3-14)5(1-2-15-6)16-8(11,12)13/h1-2,7H. The molecule has 0 atom stereocenters. The minimum Gasteiger partial charge on any atom is -0.404 e. The SMILES string of the molecule is N#Cc1c(OC(F)(F)F)ccnc1C(F)F. The average molecular weight is 238 g/mol. The maximum atomic E-state index is 12.3. The van der Waals surface area contributed by atoms with Gasteiger partial charge in [-0.3, -0.25) is 4.98 Å². The van der Waals surface area contributed by atoms with Gasteiger partial charge in [-0.05, 0) is 0 Å². The molecular formula is C8H3F5N2O. The molecule has 0 amide bonds. The van der Waals surface area contributed by atoms with Crippen LogP contribution in [-0.4, -0.2) is 11.3 Å². The van der Waals surface area contributed by atoms with Crippen molar-refractivity contribution in [3.8, 4) is 11.8 Å². The van der Waals surface area contributed by atoms with Crippen LogP contribution in [0.3, 0.4) is 0 Å². The predicted octanol–water partition coefficient (Wildman–Crippen LogP) is 2.79. The van der Waals surface area contributed by atoms with Crippen LogP contribution >= 0.6 is 0 Å². The first-order valence-electron chi connectivity index (χ1n) is 3.78. The van der Waals surface area contributed by atoms with E-state index in [1.54, 1.807) is 0 Å². The molecule has 0 aliphatic heterocycles. The Morgan fingerprint density at radius 3 is 2.44 bits per heavy atom. The summed E-state index contributed by atoms with van der Waals surface area (Å²) < 4.78 is 63.5. The van der Waals surface area contributed by atoms with Gasteiger partial charge < -0.3 is 4.74 Å². The van der Waals surface area contributed by atoms with Crippen molar-refractivity contribution in [1.82, 2.24) is 4.98 Å². The predicted molar refractivity (Wildman–Crippen MR) is 40.6 cm³/mol. The highest BCUT2D eigenvalue weighted by Crippen LogP contribution is 2.30. The zero-order chi connectivity index (χ0) is 12.3. The van der Waals surface area contributed by atoms with Crippen LogP contribution < -0.4 is 4.74 Å². The van der Waals surface area contributed by atoms with Crippen LogP contribution in [-0.2, 0) is 0 Å². The van der Waals surface area contributed by atoms with Gasteiger partial charge >= 0.3 is 6.36 Å². The van der Waals surface area contributed by atoms with E-state index in [4.69, 9.17) is 5.26 Å². The minimum absolute atomic E-state index is 0.692. The lowest BCUT2D eigenvalue weighted by atomic mass is 10.2. The first kappa shape index (κ1) is 12.2. The highest BCUT2D eigenvalue weighted by molar-refractivity contribution is 5.46. The Kier molecular flexibility index (Phi) is 3.27. The number of nitriles is 1. The molecule has 0 saturated carbocycles. The van der Waals surface area contributed by atoms with E-state index in [2.05, 4.69) is 9.72 Å². The smallest absolute Gasteiger partial charge is 0.404 e. The molecule has 1 aromatic heterocycles. The number of hydrogen-bond donors (Lipinski definition) is 0. The van der Waals surface area contributed by atoms with Gasteiger partial charge in [0.2, 0.25) is 0 Å². The van der Waals surface area contributed by atoms with E-state index in [-0.39, 0.29) is 0 Å². The number of ether oxygens (including phenoxy) is 1. The normalized spacial score (nSPS) is 11.3. The number of alkyl halides is 5. The lowest BCUT2D eigenvalue weighted by molar-refractivity contribution is -0.274. The maximum absolute atomic E-state index is 12.3. The lowest BCUT2D eigenvalue weighted by Crippen LogP contribution is -2.18. The zero-order valence-corrected chi connectivity index (χ0v) is 7.42. The van der Waals surface area contributed by atoms with Gasteiger partial charge in [0.25, 0.3) is 6.43 Å². The zero-order valence-electron chi connectivity index (χ0n) is 7.42. The number of pyridine rings is 1. The Morgan fingerprint density at radius 2 is 2.00 bits per heavy atom. The first-order chi connectivity index (χ1) is 7.35. The summed E-state index contributed by atoms with van der Waals surface area (Å²) in [6, 6.07) is 1.89. The highest BCUT2D eigenvalue weighted by Gasteiger charge is 2.33. The number of aromatic nitrogens is 1. The van der Waals surface area contributed by atoms with Crippen molar-refractivity contribution in [2.75, 3.05) is 0 Å². The van der Waals surface area contributed by atoms with Crippen molar-refractivity contribution in [1.29, 1.82) is 5.26 Å². The van der Waals surface area contributed by atoms with E-state index in [1.807, 2.05) is 0 Å². The van der Waals surface area contributed by atoms with Gasteiger partial charge in [0, 0.05) is 12.3 Å². The number of rotatable bonds is 2. The summed E-state index contributed by atoms with van der Waals surface area (Å²) in [7, 11) is 0. The van der Waals surface area contributed by atoms with E-state index in [9.17, 15) is 22.0 Å². The second kappa shape index (κ2) is 4.30. The van der Waals surface area contributed by atoms with Crippen LogP contribution in [0.15, 0.2) is 12.3 Å². The lowest BCUT2D eigenvalue weighted by Gasteiger charge is -2.11. The van der Waals surface area contributed by atoms with Gasteiger partial charge in [0.15, 0.2) is 5.75 Å². The summed E-state index contributed by atoms with van der Waals surface area (Å²) in [5.74, 6) is -0.986. The van der Waals surface area contributed by atoms with Gasteiger partial charge in [0.05, 0.1) is 0 Å². The van der Waals surface area contributed by atoms with E-state index in [1.165, 1.54) is 6.07 Å². The quantitative estimate of drug-likeness (QED) is 0.744. The van der Waals surface area contributed by atoms with Crippen molar-refractivity contribution >= 4 is 0 Å². The topological polar surface area (TPSA) is 45.9 Å². The van der Waals surface area contributed by atoms with Crippen LogP contribution in [0.2, 0.25) is 0 Å². The Morgan fingerprint density at radius 1 is 1.38 bits per heavy atom. The van der Waals surface area contributed by atoms with E-state index in [0.717, 1.165) is 0 Å². The molecule has 0 spiro atoms. The van der Waals surface area contributed by atoms with Crippen molar-refractivity contribution in [3.05, 3.63) is 23.5 Å². The number of nitrogens with zero attached hydrogens (tertiary/aromatic N) is 2. The molecule has 0 aliphatic rings. The van der Waals surface area contributed by atoms with Crippen LogP contribution in [0.25, 0.3) is 0 Å². The molecular weight excluding hydrogens is 235 g/mol. The third-order valence-electron chi connectivity index (χ3n) is 1.49. The van der Waals surface area contributed by atoms with E-state index < -0.39 is 29.8 Å². The average Bonchev–Trinajstić information content (AvgIpc) is 2.14. The van der Waals surface area contributed by atoms with E-state index >= 15 is 0 Å². The molecule has 3 nitrogen and oxygen atoms in total. The van der Waals surface area contributed by atoms with Gasteiger partial charge in [0.1, 0.15) is 17.3 Å². The largest absolute Gasteiger partial charge is 0.573 e. The first-order valence-corrected chi connectivity index (χ1v) is 3.78. The fourth-order valence-electron chi connectivity index (χ4n) is 0.947. The van der Waals surface area contributed by atoms with Crippen molar-refractivity contribution in [2.45, 2.75) is 12.8 Å². The molecule has 0 aliphatic carbocycles. The molecule has 86 valence electrons. The Hall–Kier alpha value is -1.91. The molecule has 0 aromatic carbocycles. The molecule has 16 heavy (non-hydrogen) atoms. The van der Waals surface area contributed by atoms with Gasteiger partial charge in [-0.15, -0.1) is 13.2 Å². The second-order valence-corrected chi connectivity index (χ2v) is 2.53. The maximum Gasteiger partial charge on any atom is 0.573 e. The molecule has 1 aromatic rings. The molecule has 8 heteroatoms. The Bertz CT molecular complexity index is 423. The van der Waals surface area contributed by atoms with E-state index in [0.29, 0.717) is 12.3 Å². The third kappa shape index (κ3) is 2.79. The van der Waals surface area contributed by atoms with Crippen LogP contribution in [0.1, 0.15) is 17.7 Å². The van der Waals surface area contributed by atoms with Gasteiger partial charge in [-0.25, -0.2) is 8.78 Å². The molecule has 0 N–H and O–H groups in total. The summed E-state index contributed by atoms with van der Waals surface area (Å²) in [6.45, 7) is 0. The number of halogens is 5. The fourth-order valence-corrected chi connectivity index (χ4v) is 0.947. The molecule has 1 rings (SSSR count).